The number of aliphatic imine (C=N–C) groups is 1. The third-order valence-corrected chi connectivity index (χ3v) is 5.58. The van der Waals surface area contributed by atoms with Gasteiger partial charge in [-0.15, -0.1) is 0 Å². The molecular weight excluding hydrogens is 322 g/mol. The molecule has 0 aromatic heterocycles. The van der Waals surface area contributed by atoms with Crippen LogP contribution in [0.5, 0.6) is 0 Å². The zero-order valence-corrected chi connectivity index (χ0v) is 16.5. The molecule has 0 unspecified atom stereocenters. The molecule has 2 N–H and O–H groups in total. The number of nitrogens with zero attached hydrogens (tertiary/aromatic N) is 3. The summed E-state index contributed by atoms with van der Waals surface area (Å²) in [6, 6.07) is 7.13. The normalized spacial score (nSPS) is 19.2. The zero-order valence-electron chi connectivity index (χ0n) is 16.5. The molecule has 3 rings (SSSR count). The van der Waals surface area contributed by atoms with Crippen LogP contribution in [0.15, 0.2) is 35.3 Å². The Morgan fingerprint density at radius 2 is 1.85 bits per heavy atom. The maximum atomic E-state index is 4.34. The van der Waals surface area contributed by atoms with Crippen LogP contribution < -0.4 is 15.5 Å². The number of aryl methyl sites for hydroxylation is 1. The Kier molecular flexibility index (Phi) is 6.56. The molecule has 0 amide bonds. The molecule has 1 aliphatic carbocycles. The van der Waals surface area contributed by atoms with Gasteiger partial charge in [-0.3, -0.25) is 9.89 Å². The van der Waals surface area contributed by atoms with Crippen LogP contribution in [-0.4, -0.2) is 63.2 Å². The van der Waals surface area contributed by atoms with Gasteiger partial charge in [0.15, 0.2) is 5.96 Å². The van der Waals surface area contributed by atoms with E-state index >= 15 is 0 Å². The lowest BCUT2D eigenvalue weighted by atomic mass is 10.1. The van der Waals surface area contributed by atoms with Gasteiger partial charge in [-0.05, 0) is 43.9 Å². The van der Waals surface area contributed by atoms with Crippen LogP contribution in [0.2, 0.25) is 0 Å². The van der Waals surface area contributed by atoms with E-state index in [-0.39, 0.29) is 0 Å². The van der Waals surface area contributed by atoms with Gasteiger partial charge in [0.2, 0.25) is 0 Å². The maximum absolute atomic E-state index is 4.34. The smallest absolute Gasteiger partial charge is 0.191 e. The molecule has 1 fully saturated rings. The Balaban J connectivity index is 1.39. The molecule has 0 radical (unpaired) electrons. The van der Waals surface area contributed by atoms with Gasteiger partial charge < -0.3 is 15.5 Å². The molecule has 0 saturated carbocycles. The second kappa shape index (κ2) is 9.08. The van der Waals surface area contributed by atoms with Crippen molar-refractivity contribution in [2.45, 2.75) is 32.7 Å². The van der Waals surface area contributed by atoms with Gasteiger partial charge in [-0.2, -0.15) is 0 Å². The van der Waals surface area contributed by atoms with Crippen LogP contribution in [0.25, 0.3) is 0 Å². The highest BCUT2D eigenvalue weighted by Gasteiger charge is 2.18. The van der Waals surface area contributed by atoms with E-state index in [9.17, 15) is 0 Å². The Hall–Kier alpha value is -2.01. The van der Waals surface area contributed by atoms with Gasteiger partial charge in [0.05, 0.1) is 0 Å². The molecule has 142 valence electrons. The number of rotatable bonds is 5. The monoisotopic (exact) mass is 355 g/mol. The molecule has 0 atom stereocenters. The summed E-state index contributed by atoms with van der Waals surface area (Å²) in [6.45, 7) is 10.9. The van der Waals surface area contributed by atoms with Crippen molar-refractivity contribution >= 4 is 11.6 Å². The van der Waals surface area contributed by atoms with E-state index in [1.165, 1.54) is 16.8 Å². The van der Waals surface area contributed by atoms with Crippen molar-refractivity contribution in [2.75, 3.05) is 51.2 Å². The second-order valence-corrected chi connectivity index (χ2v) is 7.33. The summed E-state index contributed by atoms with van der Waals surface area (Å²) < 4.78 is 0. The number of piperazine rings is 1. The first-order valence-electron chi connectivity index (χ1n) is 9.83. The maximum Gasteiger partial charge on any atom is 0.191 e. The molecule has 1 saturated heterocycles. The molecule has 5 nitrogen and oxygen atoms in total. The molecule has 0 bridgehead atoms. The summed E-state index contributed by atoms with van der Waals surface area (Å²) in [4.78, 5) is 9.41. The highest BCUT2D eigenvalue weighted by Crippen LogP contribution is 2.23. The van der Waals surface area contributed by atoms with Crippen molar-refractivity contribution in [1.29, 1.82) is 0 Å². The van der Waals surface area contributed by atoms with Crippen molar-refractivity contribution < 1.29 is 0 Å². The number of benzene rings is 1. The van der Waals surface area contributed by atoms with Crippen LogP contribution >= 0.6 is 0 Å². The molecule has 1 aromatic rings. The summed E-state index contributed by atoms with van der Waals surface area (Å²) in [6.07, 6.45) is 6.67. The van der Waals surface area contributed by atoms with E-state index in [1.54, 1.807) is 0 Å². The van der Waals surface area contributed by atoms with E-state index in [0.29, 0.717) is 6.04 Å². The average Bonchev–Trinajstić information content (AvgIpc) is 3.17. The van der Waals surface area contributed by atoms with Gasteiger partial charge in [0, 0.05) is 58.0 Å². The van der Waals surface area contributed by atoms with Gasteiger partial charge in [0.25, 0.3) is 0 Å². The molecule has 0 spiro atoms. The first-order valence-corrected chi connectivity index (χ1v) is 9.83. The van der Waals surface area contributed by atoms with Crippen molar-refractivity contribution in [2.24, 2.45) is 4.99 Å². The molecular formula is C21H33N5. The molecule has 5 heteroatoms. The van der Waals surface area contributed by atoms with E-state index in [2.05, 4.69) is 69.6 Å². The third-order valence-electron chi connectivity index (χ3n) is 5.58. The van der Waals surface area contributed by atoms with Crippen LogP contribution in [-0.2, 0) is 0 Å². The van der Waals surface area contributed by atoms with Gasteiger partial charge in [-0.25, -0.2) is 0 Å². The van der Waals surface area contributed by atoms with Gasteiger partial charge in [0.1, 0.15) is 0 Å². The highest BCUT2D eigenvalue weighted by molar-refractivity contribution is 5.80. The summed E-state index contributed by atoms with van der Waals surface area (Å²) in [5.41, 5.74) is 4.20. The minimum Gasteiger partial charge on any atom is -0.369 e. The van der Waals surface area contributed by atoms with Crippen molar-refractivity contribution in [3.8, 4) is 0 Å². The number of nitrogens with one attached hydrogen (secondary N) is 2. The fourth-order valence-electron chi connectivity index (χ4n) is 3.75. The number of anilines is 1. The van der Waals surface area contributed by atoms with E-state index in [0.717, 1.165) is 58.1 Å². The van der Waals surface area contributed by atoms with Crippen molar-refractivity contribution in [3.05, 3.63) is 41.5 Å². The minimum absolute atomic E-state index is 0.502. The summed E-state index contributed by atoms with van der Waals surface area (Å²) in [5.74, 6) is 0.924. The van der Waals surface area contributed by atoms with E-state index in [4.69, 9.17) is 0 Å². The number of hydrogen-bond acceptors (Lipinski definition) is 3. The fraction of sp³-hybridized carbons (Fsp3) is 0.571. The topological polar surface area (TPSA) is 42.9 Å². The van der Waals surface area contributed by atoms with Crippen LogP contribution in [0.3, 0.4) is 0 Å². The first-order chi connectivity index (χ1) is 12.7. The minimum atomic E-state index is 0.502. The summed E-state index contributed by atoms with van der Waals surface area (Å²) >= 11 is 0. The highest BCUT2D eigenvalue weighted by atomic mass is 15.3. The molecule has 2 aliphatic rings. The zero-order chi connectivity index (χ0) is 18.4. The van der Waals surface area contributed by atoms with Crippen molar-refractivity contribution in [3.63, 3.8) is 0 Å². The van der Waals surface area contributed by atoms with Gasteiger partial charge in [-0.1, -0.05) is 24.3 Å². The predicted octanol–water partition coefficient (Wildman–Crippen LogP) is 2.31. The molecule has 1 aliphatic heterocycles. The fourth-order valence-corrected chi connectivity index (χ4v) is 3.75. The molecule has 1 heterocycles. The van der Waals surface area contributed by atoms with E-state index < -0.39 is 0 Å². The summed E-state index contributed by atoms with van der Waals surface area (Å²) in [5, 5.41) is 6.95. The molecule has 26 heavy (non-hydrogen) atoms. The first kappa shape index (κ1) is 18.8. The Bertz CT molecular complexity index is 636. The number of guanidine groups is 1. The average molecular weight is 356 g/mol. The molecule has 1 aromatic carbocycles. The Morgan fingerprint density at radius 3 is 2.54 bits per heavy atom. The predicted molar refractivity (Wildman–Crippen MR) is 111 cm³/mol. The van der Waals surface area contributed by atoms with Crippen LogP contribution in [0.4, 0.5) is 5.69 Å². The number of hydrogen-bond donors (Lipinski definition) is 2. The second-order valence-electron chi connectivity index (χ2n) is 7.33. The van der Waals surface area contributed by atoms with Crippen molar-refractivity contribution in [1.82, 2.24) is 15.5 Å². The van der Waals surface area contributed by atoms with E-state index in [1.807, 2.05) is 7.05 Å². The summed E-state index contributed by atoms with van der Waals surface area (Å²) in [7, 11) is 1.85. The lowest BCUT2D eigenvalue weighted by molar-refractivity contribution is 0.261. The van der Waals surface area contributed by atoms with Gasteiger partial charge >= 0.3 is 0 Å². The lowest BCUT2D eigenvalue weighted by Crippen LogP contribution is -2.50. The Morgan fingerprint density at radius 1 is 1.12 bits per heavy atom. The Labute approximate surface area is 158 Å². The van der Waals surface area contributed by atoms with Crippen LogP contribution in [0, 0.1) is 13.8 Å². The lowest BCUT2D eigenvalue weighted by Gasteiger charge is -2.37. The standard InChI is InChI=1S/C21H33N5/c1-17-7-6-10-20(18(17)2)26-15-13-25(14-16-26)12-11-23-21(22-3)24-19-8-4-5-9-19/h4-7,10,19H,8-9,11-16H2,1-3H3,(H2,22,23,24). The SMILES string of the molecule is CN=C(NCCN1CCN(c2cccc(C)c2C)CC1)NC1CC=CC1. The largest absolute Gasteiger partial charge is 0.369 e. The third kappa shape index (κ3) is 4.79. The van der Waals surface area contributed by atoms with Crippen LogP contribution in [0.1, 0.15) is 24.0 Å². The quantitative estimate of drug-likeness (QED) is 0.483.